The molecule has 0 aromatic heterocycles. The quantitative estimate of drug-likeness (QED) is 0.483. The van der Waals surface area contributed by atoms with Crippen LogP contribution in [0, 0.1) is 0 Å². The number of esters is 1. The van der Waals surface area contributed by atoms with Gasteiger partial charge in [0.1, 0.15) is 13.2 Å². The number of nitrogens with one attached hydrogen (secondary N) is 2. The molecule has 1 heterocycles. The van der Waals surface area contributed by atoms with Crippen molar-refractivity contribution >= 4 is 23.5 Å². The molecule has 0 radical (unpaired) electrons. The lowest BCUT2D eigenvalue weighted by Crippen LogP contribution is -2.28. The van der Waals surface area contributed by atoms with E-state index in [0.717, 1.165) is 5.56 Å². The number of benzene rings is 3. The van der Waals surface area contributed by atoms with Crippen molar-refractivity contribution in [3.8, 4) is 11.5 Å². The maximum absolute atomic E-state index is 12.8. The summed E-state index contributed by atoms with van der Waals surface area (Å²) >= 11 is 0. The summed E-state index contributed by atoms with van der Waals surface area (Å²) in [6.07, 6.45) is -0.0136. The van der Waals surface area contributed by atoms with Gasteiger partial charge in [0, 0.05) is 0 Å². The molecule has 35 heavy (non-hydrogen) atoms. The van der Waals surface area contributed by atoms with Crippen LogP contribution in [0.5, 0.6) is 11.5 Å². The van der Waals surface area contributed by atoms with Crippen molar-refractivity contribution in [3.63, 3.8) is 0 Å². The molecule has 0 unspecified atom stereocenters. The number of rotatable bonds is 8. The lowest BCUT2D eigenvalue weighted by atomic mass is 10.1. The first-order valence-electron chi connectivity index (χ1n) is 11.3. The molecule has 0 aliphatic carbocycles. The van der Waals surface area contributed by atoms with Crippen LogP contribution in [0.25, 0.3) is 0 Å². The Morgan fingerprint density at radius 1 is 0.914 bits per heavy atom. The van der Waals surface area contributed by atoms with Gasteiger partial charge in [0.15, 0.2) is 18.1 Å². The van der Waals surface area contributed by atoms with Crippen molar-refractivity contribution < 1.29 is 28.6 Å². The third-order valence-corrected chi connectivity index (χ3v) is 5.41. The van der Waals surface area contributed by atoms with Crippen LogP contribution in [0.3, 0.4) is 0 Å². The zero-order valence-corrected chi connectivity index (χ0v) is 19.3. The molecular formula is C27H26N2O6. The summed E-state index contributed by atoms with van der Waals surface area (Å²) in [6.45, 7) is 2.35. The van der Waals surface area contributed by atoms with E-state index in [4.69, 9.17) is 14.2 Å². The van der Waals surface area contributed by atoms with E-state index < -0.39 is 18.5 Å². The van der Waals surface area contributed by atoms with Gasteiger partial charge < -0.3 is 24.8 Å². The first-order valence-corrected chi connectivity index (χ1v) is 11.3. The van der Waals surface area contributed by atoms with Gasteiger partial charge in [-0.1, -0.05) is 48.5 Å². The Kier molecular flexibility index (Phi) is 7.62. The molecule has 0 spiro atoms. The second kappa shape index (κ2) is 11.2. The Labute approximate surface area is 203 Å². The molecule has 0 saturated carbocycles. The van der Waals surface area contributed by atoms with Gasteiger partial charge in [0.2, 0.25) is 0 Å². The van der Waals surface area contributed by atoms with Gasteiger partial charge in [0.25, 0.3) is 11.8 Å². The fraction of sp³-hybridized carbons (Fsp3) is 0.222. The molecule has 8 nitrogen and oxygen atoms in total. The first kappa shape index (κ1) is 23.8. The fourth-order valence-electron chi connectivity index (χ4n) is 3.64. The monoisotopic (exact) mass is 474 g/mol. The van der Waals surface area contributed by atoms with Crippen LogP contribution >= 0.6 is 0 Å². The van der Waals surface area contributed by atoms with E-state index in [2.05, 4.69) is 10.6 Å². The molecule has 3 aromatic rings. The van der Waals surface area contributed by atoms with Gasteiger partial charge in [-0.3, -0.25) is 14.4 Å². The molecule has 4 rings (SSSR count). The van der Waals surface area contributed by atoms with E-state index in [1.54, 1.807) is 42.5 Å². The number of carbonyl (C=O) groups is 3. The molecule has 0 fully saturated rings. The average Bonchev–Trinajstić information content (AvgIpc) is 2.88. The summed E-state index contributed by atoms with van der Waals surface area (Å²) in [5.41, 5.74) is 2.30. The molecule has 0 bridgehead atoms. The number of para-hydroxylation sites is 1. The lowest BCUT2D eigenvalue weighted by molar-refractivity contribution is -0.146. The average molecular weight is 475 g/mol. The summed E-state index contributed by atoms with van der Waals surface area (Å²) in [4.78, 5) is 37.5. The number of anilines is 1. The highest BCUT2D eigenvalue weighted by molar-refractivity contribution is 6.04. The fourth-order valence-corrected chi connectivity index (χ4v) is 3.64. The minimum Gasteiger partial charge on any atom is -0.486 e. The van der Waals surface area contributed by atoms with Gasteiger partial charge in [0.05, 0.1) is 23.7 Å². The number of hydrogen-bond donors (Lipinski definition) is 2. The highest BCUT2D eigenvalue weighted by Gasteiger charge is 2.18. The summed E-state index contributed by atoms with van der Waals surface area (Å²) in [5.74, 6) is -0.214. The SMILES string of the molecule is C[C@H](NC(=O)c1ccccc1NC(=O)COC(=O)Cc1ccc2c(c1)OCCO2)c1ccccc1. The van der Waals surface area contributed by atoms with Crippen molar-refractivity contribution in [1.29, 1.82) is 0 Å². The second-order valence-corrected chi connectivity index (χ2v) is 8.02. The molecule has 180 valence electrons. The van der Waals surface area contributed by atoms with Crippen molar-refractivity contribution in [2.24, 2.45) is 0 Å². The van der Waals surface area contributed by atoms with Crippen LogP contribution in [-0.4, -0.2) is 37.6 Å². The molecule has 3 aromatic carbocycles. The Bertz CT molecular complexity index is 1210. The second-order valence-electron chi connectivity index (χ2n) is 8.02. The van der Waals surface area contributed by atoms with Crippen LogP contribution in [0.15, 0.2) is 72.8 Å². The molecule has 1 aliphatic heterocycles. The van der Waals surface area contributed by atoms with E-state index in [-0.39, 0.29) is 18.4 Å². The predicted octanol–water partition coefficient (Wildman–Crippen LogP) is 3.67. The topological polar surface area (TPSA) is 103 Å². The third-order valence-electron chi connectivity index (χ3n) is 5.41. The molecule has 0 saturated heterocycles. The highest BCUT2D eigenvalue weighted by atomic mass is 16.6. The largest absolute Gasteiger partial charge is 0.486 e. The number of fused-ring (bicyclic) bond motifs is 1. The number of amides is 2. The van der Waals surface area contributed by atoms with Gasteiger partial charge in [-0.25, -0.2) is 0 Å². The maximum Gasteiger partial charge on any atom is 0.310 e. The Balaban J connectivity index is 1.30. The molecule has 2 amide bonds. The molecule has 8 heteroatoms. The zero-order chi connectivity index (χ0) is 24.6. The van der Waals surface area contributed by atoms with E-state index in [1.807, 2.05) is 37.3 Å². The molecular weight excluding hydrogens is 448 g/mol. The van der Waals surface area contributed by atoms with Gasteiger partial charge >= 0.3 is 5.97 Å². The highest BCUT2D eigenvalue weighted by Crippen LogP contribution is 2.30. The lowest BCUT2D eigenvalue weighted by Gasteiger charge is -2.18. The normalized spacial score (nSPS) is 12.8. The molecule has 1 aliphatic rings. The van der Waals surface area contributed by atoms with Crippen molar-refractivity contribution in [3.05, 3.63) is 89.5 Å². The maximum atomic E-state index is 12.8. The minimum atomic E-state index is -0.556. The van der Waals surface area contributed by atoms with E-state index in [9.17, 15) is 14.4 Å². The van der Waals surface area contributed by atoms with Gasteiger partial charge in [-0.05, 0) is 42.3 Å². The van der Waals surface area contributed by atoms with Gasteiger partial charge in [-0.15, -0.1) is 0 Å². The third kappa shape index (κ3) is 6.38. The summed E-state index contributed by atoms with van der Waals surface area (Å²) in [7, 11) is 0. The van der Waals surface area contributed by atoms with Crippen LogP contribution < -0.4 is 20.1 Å². The number of ether oxygens (including phenoxy) is 3. The van der Waals surface area contributed by atoms with Crippen LogP contribution in [0.2, 0.25) is 0 Å². The van der Waals surface area contributed by atoms with Crippen molar-refractivity contribution in [2.45, 2.75) is 19.4 Å². The van der Waals surface area contributed by atoms with Crippen molar-refractivity contribution in [1.82, 2.24) is 5.32 Å². The van der Waals surface area contributed by atoms with Crippen LogP contribution in [0.4, 0.5) is 5.69 Å². The predicted molar refractivity (Wildman–Crippen MR) is 129 cm³/mol. The molecule has 1 atom stereocenters. The van der Waals surface area contributed by atoms with E-state index >= 15 is 0 Å². The zero-order valence-electron chi connectivity index (χ0n) is 19.3. The summed E-state index contributed by atoms with van der Waals surface area (Å²) in [5, 5.41) is 5.58. The smallest absolute Gasteiger partial charge is 0.310 e. The van der Waals surface area contributed by atoms with Gasteiger partial charge in [-0.2, -0.15) is 0 Å². The number of carbonyl (C=O) groups excluding carboxylic acids is 3. The Morgan fingerprint density at radius 2 is 1.63 bits per heavy atom. The number of hydrogen-bond acceptors (Lipinski definition) is 6. The van der Waals surface area contributed by atoms with Crippen molar-refractivity contribution in [2.75, 3.05) is 25.1 Å². The van der Waals surface area contributed by atoms with Crippen LogP contribution in [-0.2, 0) is 20.7 Å². The first-order chi connectivity index (χ1) is 17.0. The van der Waals surface area contributed by atoms with E-state index in [0.29, 0.717) is 41.5 Å². The standard InChI is InChI=1S/C27H26N2O6/c1-18(20-7-3-2-4-8-20)28-27(32)21-9-5-6-10-22(21)29-25(30)17-35-26(31)16-19-11-12-23-24(15-19)34-14-13-33-23/h2-12,15,18H,13-14,16-17H2,1H3,(H,28,32)(H,29,30)/t18-/m0/s1. The van der Waals surface area contributed by atoms with Crippen LogP contribution in [0.1, 0.15) is 34.5 Å². The summed E-state index contributed by atoms with van der Waals surface area (Å²) < 4.78 is 16.1. The molecule has 2 N–H and O–H groups in total. The Hall–Kier alpha value is -4.33. The summed E-state index contributed by atoms with van der Waals surface area (Å²) in [6, 6.07) is 21.2. The Morgan fingerprint density at radius 3 is 2.43 bits per heavy atom. The minimum absolute atomic E-state index is 0.0136. The van der Waals surface area contributed by atoms with E-state index in [1.165, 1.54) is 0 Å².